The van der Waals surface area contributed by atoms with E-state index >= 15 is 0 Å². The largest absolute Gasteiger partial charge is 0.440 e. The lowest BCUT2D eigenvalue weighted by Gasteiger charge is -2.29. The van der Waals surface area contributed by atoms with Gasteiger partial charge in [-0.1, -0.05) is 60.7 Å². The van der Waals surface area contributed by atoms with Crippen LogP contribution in [0.4, 0.5) is 0 Å². The first-order chi connectivity index (χ1) is 14.6. The fraction of sp³-hybridized carbons (Fsp3) is 0.292. The summed E-state index contributed by atoms with van der Waals surface area (Å²) in [5.41, 5.74) is 2.76. The Balaban J connectivity index is 1.48. The van der Waals surface area contributed by atoms with Gasteiger partial charge in [-0.2, -0.15) is 0 Å². The molecular weight excluding hydrogens is 378 g/mol. The number of aromatic nitrogens is 1. The lowest BCUT2D eigenvalue weighted by Crippen LogP contribution is -2.36. The van der Waals surface area contributed by atoms with Gasteiger partial charge in [-0.15, -0.1) is 0 Å². The summed E-state index contributed by atoms with van der Waals surface area (Å²) in [4.78, 5) is 31.5. The molecule has 0 unspecified atom stereocenters. The number of nitrogens with one attached hydrogen (secondary N) is 1. The second-order valence-electron chi connectivity index (χ2n) is 7.46. The van der Waals surface area contributed by atoms with Gasteiger partial charge in [0.15, 0.2) is 11.7 Å². The van der Waals surface area contributed by atoms with Crippen LogP contribution in [0.15, 0.2) is 65.1 Å². The molecular formula is C24H25N3O3. The third-order valence-corrected chi connectivity index (χ3v) is 5.36. The van der Waals surface area contributed by atoms with Crippen molar-refractivity contribution in [3.05, 3.63) is 77.8 Å². The Morgan fingerprint density at radius 3 is 2.57 bits per heavy atom. The Morgan fingerprint density at radius 1 is 1.13 bits per heavy atom. The maximum absolute atomic E-state index is 13.1. The van der Waals surface area contributed by atoms with Crippen molar-refractivity contribution in [2.75, 3.05) is 13.1 Å². The van der Waals surface area contributed by atoms with Gasteiger partial charge in [0.1, 0.15) is 0 Å². The van der Waals surface area contributed by atoms with Gasteiger partial charge in [-0.25, -0.2) is 4.98 Å². The molecule has 3 aromatic rings. The van der Waals surface area contributed by atoms with Crippen LogP contribution in [0, 0.1) is 6.92 Å². The van der Waals surface area contributed by atoms with E-state index in [1.807, 2.05) is 67.6 Å². The van der Waals surface area contributed by atoms with Gasteiger partial charge in [0.25, 0.3) is 0 Å². The number of carbonyl (C=O) groups is 2. The standard InChI is InChI=1S/C24H25N3O3/c1-17-24(19-10-6-3-7-11-19)30-22(26-17)12-13-23(29)27-15-14-25-21(28)16-20(27)18-8-4-2-5-9-18/h2-11,20H,12-16H2,1H3,(H,25,28)/t20-/m1/s1. The Morgan fingerprint density at radius 2 is 1.83 bits per heavy atom. The van der Waals surface area contributed by atoms with Crippen molar-refractivity contribution in [1.82, 2.24) is 15.2 Å². The minimum Gasteiger partial charge on any atom is -0.440 e. The van der Waals surface area contributed by atoms with E-state index in [0.29, 0.717) is 25.4 Å². The van der Waals surface area contributed by atoms with Crippen LogP contribution in [-0.2, 0) is 16.0 Å². The van der Waals surface area contributed by atoms with Crippen LogP contribution in [0.25, 0.3) is 11.3 Å². The first kappa shape index (κ1) is 19.9. The molecule has 0 spiro atoms. The number of aryl methyl sites for hydroxylation is 2. The van der Waals surface area contributed by atoms with Crippen LogP contribution in [0.5, 0.6) is 0 Å². The molecule has 0 bridgehead atoms. The number of nitrogens with zero attached hydrogens (tertiary/aromatic N) is 2. The summed E-state index contributed by atoms with van der Waals surface area (Å²) in [6.07, 6.45) is 0.976. The first-order valence-electron chi connectivity index (χ1n) is 10.2. The predicted molar refractivity (Wildman–Crippen MR) is 114 cm³/mol. The zero-order chi connectivity index (χ0) is 20.9. The van der Waals surface area contributed by atoms with E-state index in [4.69, 9.17) is 4.42 Å². The topological polar surface area (TPSA) is 75.4 Å². The van der Waals surface area contributed by atoms with Gasteiger partial charge < -0.3 is 14.6 Å². The van der Waals surface area contributed by atoms with E-state index in [9.17, 15) is 9.59 Å². The number of carbonyl (C=O) groups excluding carboxylic acids is 2. The SMILES string of the molecule is Cc1nc(CCC(=O)N2CCNC(=O)C[C@@H]2c2ccccc2)oc1-c1ccccc1. The molecule has 6 nitrogen and oxygen atoms in total. The zero-order valence-corrected chi connectivity index (χ0v) is 17.0. The fourth-order valence-electron chi connectivity index (χ4n) is 3.88. The van der Waals surface area contributed by atoms with E-state index in [1.165, 1.54) is 0 Å². The van der Waals surface area contributed by atoms with E-state index in [1.54, 1.807) is 4.90 Å². The molecule has 30 heavy (non-hydrogen) atoms. The predicted octanol–water partition coefficient (Wildman–Crippen LogP) is 3.67. The number of rotatable bonds is 5. The van der Waals surface area contributed by atoms with Gasteiger partial charge in [0.2, 0.25) is 11.8 Å². The first-order valence-corrected chi connectivity index (χ1v) is 10.2. The third kappa shape index (κ3) is 4.43. The van der Waals surface area contributed by atoms with E-state index in [-0.39, 0.29) is 30.7 Å². The molecule has 4 rings (SSSR count). The van der Waals surface area contributed by atoms with Gasteiger partial charge >= 0.3 is 0 Å². The molecule has 0 saturated carbocycles. The van der Waals surface area contributed by atoms with Crippen LogP contribution in [-0.4, -0.2) is 34.8 Å². The molecule has 1 saturated heterocycles. The zero-order valence-electron chi connectivity index (χ0n) is 17.0. The Hall–Kier alpha value is -3.41. The number of hydrogen-bond donors (Lipinski definition) is 1. The van der Waals surface area contributed by atoms with Crippen molar-refractivity contribution < 1.29 is 14.0 Å². The summed E-state index contributed by atoms with van der Waals surface area (Å²) in [5, 5.41) is 2.87. The van der Waals surface area contributed by atoms with Crippen molar-refractivity contribution in [2.45, 2.75) is 32.2 Å². The average molecular weight is 403 g/mol. The second-order valence-corrected chi connectivity index (χ2v) is 7.46. The number of benzene rings is 2. The summed E-state index contributed by atoms with van der Waals surface area (Å²) < 4.78 is 5.94. The normalized spacial score (nSPS) is 16.8. The molecule has 2 heterocycles. The molecule has 1 N–H and O–H groups in total. The number of hydrogen-bond acceptors (Lipinski definition) is 4. The molecule has 2 amide bonds. The summed E-state index contributed by atoms with van der Waals surface area (Å²) in [5.74, 6) is 1.26. The lowest BCUT2D eigenvalue weighted by atomic mass is 10.0. The van der Waals surface area contributed by atoms with Crippen molar-refractivity contribution >= 4 is 11.8 Å². The second kappa shape index (κ2) is 8.95. The van der Waals surface area contributed by atoms with Crippen molar-refractivity contribution in [2.24, 2.45) is 0 Å². The molecule has 2 aromatic carbocycles. The van der Waals surface area contributed by atoms with Crippen molar-refractivity contribution in [3.8, 4) is 11.3 Å². The molecule has 1 fully saturated rings. The molecule has 1 aromatic heterocycles. The molecule has 0 radical (unpaired) electrons. The summed E-state index contributed by atoms with van der Waals surface area (Å²) in [6.45, 7) is 2.86. The molecule has 1 aliphatic heterocycles. The average Bonchev–Trinajstić information content (AvgIpc) is 3.03. The quantitative estimate of drug-likeness (QED) is 0.705. The highest BCUT2D eigenvalue weighted by molar-refractivity contribution is 5.81. The van der Waals surface area contributed by atoms with Gasteiger partial charge in [0, 0.05) is 31.5 Å². The summed E-state index contributed by atoms with van der Waals surface area (Å²) in [6, 6.07) is 19.3. The monoisotopic (exact) mass is 403 g/mol. The van der Waals surface area contributed by atoms with Crippen LogP contribution in [0.1, 0.15) is 36.0 Å². The van der Waals surface area contributed by atoms with Crippen LogP contribution < -0.4 is 5.32 Å². The van der Waals surface area contributed by atoms with Crippen LogP contribution in [0.2, 0.25) is 0 Å². The van der Waals surface area contributed by atoms with Gasteiger partial charge in [-0.3, -0.25) is 9.59 Å². The van der Waals surface area contributed by atoms with E-state index < -0.39 is 0 Å². The Kier molecular flexibility index (Phi) is 5.93. The highest BCUT2D eigenvalue weighted by Gasteiger charge is 2.29. The summed E-state index contributed by atoms with van der Waals surface area (Å²) >= 11 is 0. The minimum atomic E-state index is -0.257. The van der Waals surface area contributed by atoms with E-state index in [2.05, 4.69) is 10.3 Å². The number of oxazole rings is 1. The smallest absolute Gasteiger partial charge is 0.223 e. The molecule has 0 aliphatic carbocycles. The Bertz CT molecular complexity index is 1010. The minimum absolute atomic E-state index is 0.00235. The number of amides is 2. The highest BCUT2D eigenvalue weighted by Crippen LogP contribution is 2.28. The fourth-order valence-corrected chi connectivity index (χ4v) is 3.88. The maximum Gasteiger partial charge on any atom is 0.223 e. The van der Waals surface area contributed by atoms with Gasteiger partial charge in [0.05, 0.1) is 18.2 Å². The van der Waals surface area contributed by atoms with Crippen LogP contribution in [0.3, 0.4) is 0 Å². The van der Waals surface area contributed by atoms with Crippen LogP contribution >= 0.6 is 0 Å². The molecule has 6 heteroatoms. The molecule has 1 atom stereocenters. The van der Waals surface area contributed by atoms with Crippen molar-refractivity contribution in [3.63, 3.8) is 0 Å². The summed E-state index contributed by atoms with van der Waals surface area (Å²) in [7, 11) is 0. The van der Waals surface area contributed by atoms with E-state index in [0.717, 1.165) is 22.6 Å². The molecule has 154 valence electrons. The maximum atomic E-state index is 13.1. The lowest BCUT2D eigenvalue weighted by molar-refractivity contribution is -0.133. The van der Waals surface area contributed by atoms with Gasteiger partial charge in [-0.05, 0) is 12.5 Å². The Labute approximate surface area is 175 Å². The third-order valence-electron chi connectivity index (χ3n) is 5.36. The molecule has 1 aliphatic rings. The van der Waals surface area contributed by atoms with Crippen molar-refractivity contribution in [1.29, 1.82) is 0 Å². The highest BCUT2D eigenvalue weighted by atomic mass is 16.4.